The number of rotatable bonds is 3. The molecule has 0 amide bonds. The Labute approximate surface area is 108 Å². The van der Waals surface area contributed by atoms with Crippen molar-refractivity contribution < 1.29 is 9.90 Å². The van der Waals surface area contributed by atoms with Crippen LogP contribution in [0.2, 0.25) is 0 Å². The molecule has 0 spiro atoms. The van der Waals surface area contributed by atoms with E-state index in [2.05, 4.69) is 23.7 Å². The fraction of sp³-hybridized carbons (Fsp3) is 0.571. The summed E-state index contributed by atoms with van der Waals surface area (Å²) in [6.07, 6.45) is 3.48. The van der Waals surface area contributed by atoms with Crippen LogP contribution in [0, 0.1) is 6.92 Å². The van der Waals surface area contributed by atoms with Gasteiger partial charge in [0.2, 0.25) is 0 Å². The van der Waals surface area contributed by atoms with E-state index in [-0.39, 0.29) is 0 Å². The van der Waals surface area contributed by atoms with E-state index in [4.69, 9.17) is 5.11 Å². The van der Waals surface area contributed by atoms with Gasteiger partial charge in [-0.25, -0.2) is 9.78 Å². The second kappa shape index (κ2) is 4.96. The highest BCUT2D eigenvalue weighted by Gasteiger charge is 2.30. The van der Waals surface area contributed by atoms with Gasteiger partial charge in [-0.2, -0.15) is 0 Å². The van der Waals surface area contributed by atoms with Crippen molar-refractivity contribution in [2.75, 3.05) is 4.90 Å². The minimum absolute atomic E-state index is 0.290. The highest BCUT2D eigenvalue weighted by molar-refractivity contribution is 5.89. The first-order valence-corrected chi connectivity index (χ1v) is 6.53. The second-order valence-electron chi connectivity index (χ2n) is 5.00. The number of anilines is 1. The molecule has 2 rings (SSSR count). The lowest BCUT2D eigenvalue weighted by Crippen LogP contribution is -2.35. The molecule has 0 bridgehead atoms. The molecular formula is C14H20N2O2. The number of hydrogen-bond donors (Lipinski definition) is 1. The monoisotopic (exact) mass is 248 g/mol. The van der Waals surface area contributed by atoms with Crippen LogP contribution in [0.1, 0.15) is 49.2 Å². The first-order chi connectivity index (χ1) is 8.54. The first kappa shape index (κ1) is 12.9. The molecule has 2 atom stereocenters. The number of nitrogens with zero attached hydrogens (tertiary/aromatic N) is 2. The average Bonchev–Trinajstić information content (AvgIpc) is 2.69. The largest absolute Gasteiger partial charge is 0.478 e. The summed E-state index contributed by atoms with van der Waals surface area (Å²) in [5.41, 5.74) is 0.882. The van der Waals surface area contributed by atoms with Crippen molar-refractivity contribution in [3.8, 4) is 0 Å². The van der Waals surface area contributed by atoms with Gasteiger partial charge in [0.05, 0.1) is 11.3 Å². The van der Waals surface area contributed by atoms with Crippen LogP contribution in [0.3, 0.4) is 0 Å². The van der Waals surface area contributed by atoms with E-state index in [9.17, 15) is 4.79 Å². The Hall–Kier alpha value is -1.58. The topological polar surface area (TPSA) is 53.4 Å². The predicted octanol–water partition coefficient (Wildman–Crippen LogP) is 2.86. The Morgan fingerprint density at radius 3 is 2.78 bits per heavy atom. The summed E-state index contributed by atoms with van der Waals surface area (Å²) in [5, 5.41) is 9.02. The first-order valence-electron chi connectivity index (χ1n) is 6.53. The fourth-order valence-electron chi connectivity index (χ4n) is 2.80. The van der Waals surface area contributed by atoms with Crippen molar-refractivity contribution in [1.82, 2.24) is 4.98 Å². The van der Waals surface area contributed by atoms with Crippen molar-refractivity contribution >= 4 is 11.8 Å². The van der Waals surface area contributed by atoms with Crippen LogP contribution in [0.4, 0.5) is 5.82 Å². The molecule has 0 aliphatic carbocycles. The Morgan fingerprint density at radius 1 is 1.50 bits per heavy atom. The smallest absolute Gasteiger partial charge is 0.337 e. The van der Waals surface area contributed by atoms with Crippen LogP contribution in [0.5, 0.6) is 0 Å². The molecule has 0 aromatic carbocycles. The number of hydrogen-bond acceptors (Lipinski definition) is 3. The number of aromatic nitrogens is 1. The number of carbonyl (C=O) groups is 1. The highest BCUT2D eigenvalue weighted by atomic mass is 16.4. The maximum absolute atomic E-state index is 11.0. The van der Waals surface area contributed by atoms with Gasteiger partial charge in [0.15, 0.2) is 0 Å². The number of aromatic carboxylic acids is 1. The Kier molecular flexibility index (Phi) is 3.55. The van der Waals surface area contributed by atoms with Crippen molar-refractivity contribution in [2.24, 2.45) is 0 Å². The number of carboxylic acid groups (broad SMARTS) is 1. The SMILES string of the molecule is CCC1CCC(C)N1c1ccc(C(=O)O)c(C)n1. The molecule has 2 unspecified atom stereocenters. The summed E-state index contributed by atoms with van der Waals surface area (Å²) in [4.78, 5) is 17.8. The lowest BCUT2D eigenvalue weighted by molar-refractivity contribution is 0.0695. The average molecular weight is 248 g/mol. The van der Waals surface area contributed by atoms with Gasteiger partial charge in [0.1, 0.15) is 5.82 Å². The second-order valence-corrected chi connectivity index (χ2v) is 5.00. The summed E-state index contributed by atoms with van der Waals surface area (Å²) in [5.74, 6) is 0.00223. The minimum Gasteiger partial charge on any atom is -0.478 e. The van der Waals surface area contributed by atoms with Gasteiger partial charge in [0.25, 0.3) is 0 Å². The van der Waals surface area contributed by atoms with Crippen LogP contribution < -0.4 is 4.90 Å². The summed E-state index contributed by atoms with van der Waals surface area (Å²) >= 11 is 0. The molecule has 4 nitrogen and oxygen atoms in total. The molecule has 98 valence electrons. The van der Waals surface area contributed by atoms with Crippen molar-refractivity contribution in [2.45, 2.75) is 52.1 Å². The molecule has 1 aliphatic heterocycles. The molecule has 2 heterocycles. The van der Waals surface area contributed by atoms with Gasteiger partial charge in [-0.05, 0) is 45.2 Å². The fourth-order valence-corrected chi connectivity index (χ4v) is 2.80. The zero-order valence-corrected chi connectivity index (χ0v) is 11.2. The summed E-state index contributed by atoms with van der Waals surface area (Å²) in [6, 6.07) is 4.51. The molecule has 1 aromatic rings. The van der Waals surface area contributed by atoms with Gasteiger partial charge in [-0.1, -0.05) is 6.92 Å². The predicted molar refractivity (Wildman–Crippen MR) is 71.2 cm³/mol. The van der Waals surface area contributed by atoms with Gasteiger partial charge < -0.3 is 10.0 Å². The van der Waals surface area contributed by atoms with E-state index < -0.39 is 5.97 Å². The molecule has 1 saturated heterocycles. The maximum atomic E-state index is 11.0. The zero-order valence-electron chi connectivity index (χ0n) is 11.2. The summed E-state index contributed by atoms with van der Waals surface area (Å²) in [7, 11) is 0. The van der Waals surface area contributed by atoms with E-state index in [1.165, 1.54) is 12.8 Å². The number of pyridine rings is 1. The van der Waals surface area contributed by atoms with E-state index >= 15 is 0 Å². The van der Waals surface area contributed by atoms with Crippen LogP contribution in [0.15, 0.2) is 12.1 Å². The number of aryl methyl sites for hydroxylation is 1. The normalized spacial score (nSPS) is 23.4. The van der Waals surface area contributed by atoms with Crippen molar-refractivity contribution in [3.05, 3.63) is 23.4 Å². The van der Waals surface area contributed by atoms with Crippen LogP contribution in [-0.4, -0.2) is 28.1 Å². The molecule has 1 aromatic heterocycles. The Bertz CT molecular complexity index is 459. The molecule has 0 saturated carbocycles. The minimum atomic E-state index is -0.909. The van der Waals surface area contributed by atoms with Gasteiger partial charge >= 0.3 is 5.97 Å². The van der Waals surface area contributed by atoms with Gasteiger partial charge in [-0.15, -0.1) is 0 Å². The van der Waals surface area contributed by atoms with E-state index in [0.29, 0.717) is 23.3 Å². The third-order valence-electron chi connectivity index (χ3n) is 3.82. The highest BCUT2D eigenvalue weighted by Crippen LogP contribution is 2.31. The Balaban J connectivity index is 2.33. The molecule has 1 aliphatic rings. The van der Waals surface area contributed by atoms with Crippen LogP contribution in [0.25, 0.3) is 0 Å². The van der Waals surface area contributed by atoms with Crippen LogP contribution in [-0.2, 0) is 0 Å². The molecule has 0 radical (unpaired) electrons. The van der Waals surface area contributed by atoms with E-state index in [1.54, 1.807) is 13.0 Å². The summed E-state index contributed by atoms with van der Waals surface area (Å²) in [6.45, 7) is 6.15. The zero-order chi connectivity index (χ0) is 13.3. The van der Waals surface area contributed by atoms with Gasteiger partial charge in [0, 0.05) is 12.1 Å². The standard InChI is InChI=1S/C14H20N2O2/c1-4-11-6-5-9(2)16(11)13-8-7-12(14(17)18)10(3)15-13/h7-9,11H,4-6H2,1-3H3,(H,17,18). The molecule has 18 heavy (non-hydrogen) atoms. The molecular weight excluding hydrogens is 228 g/mol. The lowest BCUT2D eigenvalue weighted by atomic mass is 10.1. The van der Waals surface area contributed by atoms with Crippen LogP contribution >= 0.6 is 0 Å². The number of carboxylic acids is 1. The lowest BCUT2D eigenvalue weighted by Gasteiger charge is -2.29. The molecule has 1 N–H and O–H groups in total. The third kappa shape index (κ3) is 2.19. The van der Waals surface area contributed by atoms with Crippen molar-refractivity contribution in [3.63, 3.8) is 0 Å². The molecule has 1 fully saturated rings. The Morgan fingerprint density at radius 2 is 2.22 bits per heavy atom. The quantitative estimate of drug-likeness (QED) is 0.893. The van der Waals surface area contributed by atoms with Crippen molar-refractivity contribution in [1.29, 1.82) is 0 Å². The third-order valence-corrected chi connectivity index (χ3v) is 3.82. The van der Waals surface area contributed by atoms with E-state index in [1.807, 2.05) is 6.07 Å². The molecule has 4 heteroatoms. The van der Waals surface area contributed by atoms with E-state index in [0.717, 1.165) is 12.2 Å². The maximum Gasteiger partial charge on any atom is 0.337 e. The summed E-state index contributed by atoms with van der Waals surface area (Å²) < 4.78 is 0. The van der Waals surface area contributed by atoms with Gasteiger partial charge in [-0.3, -0.25) is 0 Å².